The van der Waals surface area contributed by atoms with Crippen molar-refractivity contribution in [3.8, 4) is 0 Å². The highest BCUT2D eigenvalue weighted by Gasteiger charge is 2.22. The minimum Gasteiger partial charge on any atom is -0.465 e. The highest BCUT2D eigenvalue weighted by Crippen LogP contribution is 2.22. The SMILES string of the molecule is CCN(CC)C(=O)CNS(=O)(=O)c1cc(C(=O)OC)ccc1Cl. The molecule has 0 aliphatic heterocycles. The lowest BCUT2D eigenvalue weighted by atomic mass is 10.2. The molecule has 0 saturated heterocycles. The Morgan fingerprint density at radius 3 is 2.39 bits per heavy atom. The Hall–Kier alpha value is -1.64. The number of nitrogens with zero attached hydrogens (tertiary/aromatic N) is 1. The molecule has 0 fully saturated rings. The smallest absolute Gasteiger partial charge is 0.337 e. The molecule has 1 N–H and O–H groups in total. The Bertz CT molecular complexity index is 686. The minimum atomic E-state index is -4.04. The van der Waals surface area contributed by atoms with E-state index < -0.39 is 16.0 Å². The first-order valence-corrected chi connectivity index (χ1v) is 8.78. The summed E-state index contributed by atoms with van der Waals surface area (Å²) in [6, 6.07) is 3.75. The van der Waals surface area contributed by atoms with E-state index in [9.17, 15) is 18.0 Å². The van der Waals surface area contributed by atoms with Crippen molar-refractivity contribution in [3.05, 3.63) is 28.8 Å². The second kappa shape index (κ2) is 8.28. The van der Waals surface area contributed by atoms with Gasteiger partial charge in [0.15, 0.2) is 0 Å². The van der Waals surface area contributed by atoms with Gasteiger partial charge in [0.25, 0.3) is 0 Å². The lowest BCUT2D eigenvalue weighted by Crippen LogP contribution is -2.40. The number of esters is 1. The predicted molar refractivity (Wildman–Crippen MR) is 85.9 cm³/mol. The minimum absolute atomic E-state index is 0.0485. The van der Waals surface area contributed by atoms with E-state index in [4.69, 9.17) is 11.6 Å². The average Bonchev–Trinajstić information content (AvgIpc) is 2.53. The number of halogens is 1. The molecule has 0 heterocycles. The molecule has 1 aromatic rings. The van der Waals surface area contributed by atoms with Crippen molar-refractivity contribution in [2.45, 2.75) is 18.7 Å². The first-order chi connectivity index (χ1) is 10.8. The zero-order valence-electron chi connectivity index (χ0n) is 13.1. The van der Waals surface area contributed by atoms with E-state index in [-0.39, 0.29) is 27.9 Å². The van der Waals surface area contributed by atoms with Crippen molar-refractivity contribution >= 4 is 33.5 Å². The zero-order chi connectivity index (χ0) is 17.6. The van der Waals surface area contributed by atoms with Crippen molar-refractivity contribution < 1.29 is 22.7 Å². The summed E-state index contributed by atoms with van der Waals surface area (Å²) in [5.41, 5.74) is 0.0485. The Balaban J connectivity index is 3.00. The maximum absolute atomic E-state index is 12.3. The molecule has 0 aliphatic rings. The Kier molecular flexibility index (Phi) is 6.99. The van der Waals surface area contributed by atoms with Crippen LogP contribution in [0, 0.1) is 0 Å². The van der Waals surface area contributed by atoms with E-state index in [1.165, 1.54) is 24.1 Å². The lowest BCUT2D eigenvalue weighted by Gasteiger charge is -2.19. The number of carbonyl (C=O) groups excluding carboxylic acids is 2. The molecule has 0 aliphatic carbocycles. The molecule has 0 atom stereocenters. The number of carbonyl (C=O) groups is 2. The maximum Gasteiger partial charge on any atom is 0.337 e. The summed E-state index contributed by atoms with van der Waals surface area (Å²) in [5.74, 6) is -1.03. The fourth-order valence-corrected chi connectivity index (χ4v) is 3.37. The highest BCUT2D eigenvalue weighted by molar-refractivity contribution is 7.89. The number of hydrogen-bond acceptors (Lipinski definition) is 5. The number of amides is 1. The van der Waals surface area contributed by atoms with Crippen LogP contribution in [0.3, 0.4) is 0 Å². The van der Waals surface area contributed by atoms with E-state index in [0.29, 0.717) is 13.1 Å². The van der Waals surface area contributed by atoms with Gasteiger partial charge in [-0.15, -0.1) is 0 Å². The molecule has 0 aromatic heterocycles. The van der Waals surface area contributed by atoms with Crippen LogP contribution in [0.25, 0.3) is 0 Å². The van der Waals surface area contributed by atoms with Gasteiger partial charge in [-0.1, -0.05) is 11.6 Å². The first-order valence-electron chi connectivity index (χ1n) is 6.92. The second-order valence-electron chi connectivity index (χ2n) is 4.53. The van der Waals surface area contributed by atoms with Crippen LogP contribution >= 0.6 is 11.6 Å². The van der Waals surface area contributed by atoms with Gasteiger partial charge < -0.3 is 9.64 Å². The fourth-order valence-electron chi connectivity index (χ4n) is 1.88. The van der Waals surface area contributed by atoms with Gasteiger partial charge in [-0.25, -0.2) is 17.9 Å². The van der Waals surface area contributed by atoms with Gasteiger partial charge in [-0.2, -0.15) is 0 Å². The van der Waals surface area contributed by atoms with E-state index in [2.05, 4.69) is 9.46 Å². The van der Waals surface area contributed by atoms with Crippen molar-refractivity contribution in [1.82, 2.24) is 9.62 Å². The third-order valence-electron chi connectivity index (χ3n) is 3.17. The predicted octanol–water partition coefficient (Wildman–Crippen LogP) is 1.27. The zero-order valence-corrected chi connectivity index (χ0v) is 14.7. The standard InChI is InChI=1S/C14H19ClN2O5S/c1-4-17(5-2)13(18)9-16-23(20,21)12-8-10(14(19)22-3)6-7-11(12)15/h6-8,16H,4-5,9H2,1-3H3. The first kappa shape index (κ1) is 19.4. The molecule has 0 saturated carbocycles. The number of ether oxygens (including phenoxy) is 1. The third-order valence-corrected chi connectivity index (χ3v) is 5.05. The second-order valence-corrected chi connectivity index (χ2v) is 6.67. The average molecular weight is 363 g/mol. The number of benzene rings is 1. The molecule has 7 nitrogen and oxygen atoms in total. The number of likely N-dealkylation sites (N-methyl/N-ethyl adjacent to an activating group) is 1. The van der Waals surface area contributed by atoms with Crippen molar-refractivity contribution in [2.24, 2.45) is 0 Å². The van der Waals surface area contributed by atoms with E-state index in [0.717, 1.165) is 6.07 Å². The fraction of sp³-hybridized carbons (Fsp3) is 0.429. The number of rotatable bonds is 7. The molecule has 0 spiro atoms. The van der Waals surface area contributed by atoms with Gasteiger partial charge >= 0.3 is 5.97 Å². The summed E-state index contributed by atoms with van der Waals surface area (Å²) >= 11 is 5.89. The molecule has 1 aromatic carbocycles. The van der Waals surface area contributed by atoms with E-state index >= 15 is 0 Å². The van der Waals surface area contributed by atoms with Crippen molar-refractivity contribution in [2.75, 3.05) is 26.7 Å². The number of methoxy groups -OCH3 is 1. The third kappa shape index (κ3) is 4.92. The number of sulfonamides is 1. The van der Waals surface area contributed by atoms with Crippen LogP contribution in [-0.4, -0.2) is 51.9 Å². The molecule has 0 bridgehead atoms. The van der Waals surface area contributed by atoms with Crippen LogP contribution in [0.15, 0.2) is 23.1 Å². The Morgan fingerprint density at radius 2 is 1.87 bits per heavy atom. The Labute approximate surface area is 140 Å². The molecule has 128 valence electrons. The van der Waals surface area contributed by atoms with Gasteiger partial charge in [0.2, 0.25) is 15.9 Å². The Morgan fingerprint density at radius 1 is 1.26 bits per heavy atom. The van der Waals surface area contributed by atoms with Crippen molar-refractivity contribution in [1.29, 1.82) is 0 Å². The van der Waals surface area contributed by atoms with Gasteiger partial charge in [-0.05, 0) is 32.0 Å². The molecule has 9 heteroatoms. The molecule has 0 unspecified atom stereocenters. The summed E-state index contributed by atoms with van der Waals surface area (Å²) in [7, 11) is -2.85. The molecule has 0 radical (unpaired) electrons. The van der Waals surface area contributed by atoms with Gasteiger partial charge in [0.1, 0.15) is 4.90 Å². The molecule has 23 heavy (non-hydrogen) atoms. The summed E-state index contributed by atoms with van der Waals surface area (Å²) in [4.78, 5) is 24.6. The lowest BCUT2D eigenvalue weighted by molar-refractivity contribution is -0.129. The summed E-state index contributed by atoms with van der Waals surface area (Å²) in [6.07, 6.45) is 0. The van der Waals surface area contributed by atoms with Gasteiger partial charge in [0.05, 0.1) is 24.2 Å². The van der Waals surface area contributed by atoms with E-state index in [1.54, 1.807) is 13.8 Å². The highest BCUT2D eigenvalue weighted by atomic mass is 35.5. The largest absolute Gasteiger partial charge is 0.465 e. The van der Waals surface area contributed by atoms with Gasteiger partial charge in [0, 0.05) is 13.1 Å². The van der Waals surface area contributed by atoms with Crippen LogP contribution in [-0.2, 0) is 19.6 Å². The summed E-state index contributed by atoms with van der Waals surface area (Å²) in [6.45, 7) is 4.17. The quantitative estimate of drug-likeness (QED) is 0.737. The normalized spacial score (nSPS) is 11.1. The van der Waals surface area contributed by atoms with Crippen molar-refractivity contribution in [3.63, 3.8) is 0 Å². The van der Waals surface area contributed by atoms with E-state index in [1.807, 2.05) is 0 Å². The van der Waals surface area contributed by atoms with Crippen LogP contribution < -0.4 is 4.72 Å². The summed E-state index contributed by atoms with van der Waals surface area (Å²) < 4.78 is 31.3. The van der Waals surface area contributed by atoms with Crippen LogP contribution in [0.4, 0.5) is 0 Å². The number of hydrogen-bond donors (Lipinski definition) is 1. The molecular weight excluding hydrogens is 344 g/mol. The molecular formula is C14H19ClN2O5S. The summed E-state index contributed by atoms with van der Waals surface area (Å²) in [5, 5.41) is -0.0551. The topological polar surface area (TPSA) is 92.8 Å². The number of nitrogens with one attached hydrogen (secondary N) is 1. The van der Waals surface area contributed by atoms with Gasteiger partial charge in [-0.3, -0.25) is 4.79 Å². The van der Waals surface area contributed by atoms with Crippen LogP contribution in [0.1, 0.15) is 24.2 Å². The van der Waals surface area contributed by atoms with Crippen LogP contribution in [0.2, 0.25) is 5.02 Å². The molecule has 1 amide bonds. The monoisotopic (exact) mass is 362 g/mol. The molecule has 1 rings (SSSR count). The van der Waals surface area contributed by atoms with Crippen LogP contribution in [0.5, 0.6) is 0 Å². The maximum atomic E-state index is 12.3.